The number of ether oxygens (including phenoxy) is 1. The number of aromatic nitrogens is 3. The van der Waals surface area contributed by atoms with E-state index in [1.807, 2.05) is 13.0 Å². The van der Waals surface area contributed by atoms with Gasteiger partial charge in [-0.25, -0.2) is 13.0 Å². The fraction of sp³-hybridized carbons (Fsp3) is 0.227. The van der Waals surface area contributed by atoms with Crippen molar-refractivity contribution in [1.82, 2.24) is 9.38 Å². The second-order valence-corrected chi connectivity index (χ2v) is 9.17. The molecule has 0 bridgehead atoms. The average Bonchev–Trinajstić information content (AvgIpc) is 2.76. The summed E-state index contributed by atoms with van der Waals surface area (Å²) in [5.74, 6) is 0.0392. The molecule has 0 saturated carbocycles. The summed E-state index contributed by atoms with van der Waals surface area (Å²) in [6.45, 7) is 2.67. The van der Waals surface area contributed by atoms with Gasteiger partial charge in [0.25, 0.3) is 11.2 Å². The molecule has 0 saturated heterocycles. The Bertz CT molecular complexity index is 1450. The molecule has 0 fully saturated rings. The average molecular weight is 440 g/mol. The third-order valence-electron chi connectivity index (χ3n) is 5.21. The first-order valence-electron chi connectivity index (χ1n) is 9.79. The van der Waals surface area contributed by atoms with E-state index in [-0.39, 0.29) is 26.6 Å². The standard InChI is InChI=1S/C22H22N4O4S/c1-15-8-6-11-26-20(15)24-21-17(22(26)27)14-18(19(23)25(21)12-7-13-30-2)31(28,29)16-9-4-3-5-10-16/h3-6,8-11,14,23H,7,12-13H2,1-2H3/p+1. The van der Waals surface area contributed by atoms with Crippen molar-refractivity contribution in [2.75, 3.05) is 19.5 Å². The van der Waals surface area contributed by atoms with Crippen LogP contribution in [-0.2, 0) is 21.1 Å². The van der Waals surface area contributed by atoms with Crippen molar-refractivity contribution in [1.29, 1.82) is 0 Å². The van der Waals surface area contributed by atoms with Gasteiger partial charge in [0.2, 0.25) is 21.3 Å². The van der Waals surface area contributed by atoms with Gasteiger partial charge in [0.15, 0.2) is 0 Å². The van der Waals surface area contributed by atoms with E-state index in [0.29, 0.717) is 30.9 Å². The summed E-state index contributed by atoms with van der Waals surface area (Å²) >= 11 is 0. The Labute approximate surface area is 179 Å². The van der Waals surface area contributed by atoms with Gasteiger partial charge in [-0.1, -0.05) is 29.2 Å². The number of nitrogens with zero attached hydrogens (tertiary/aromatic N) is 3. The van der Waals surface area contributed by atoms with Gasteiger partial charge in [-0.2, -0.15) is 0 Å². The number of aryl methyl sites for hydroxylation is 2. The monoisotopic (exact) mass is 439 g/mol. The van der Waals surface area contributed by atoms with Crippen LogP contribution in [0, 0.1) is 6.92 Å². The number of sulfone groups is 1. The van der Waals surface area contributed by atoms with Gasteiger partial charge in [-0.3, -0.25) is 9.20 Å². The van der Waals surface area contributed by atoms with Crippen LogP contribution in [0.1, 0.15) is 12.0 Å². The Balaban J connectivity index is 2.09. The third-order valence-corrected chi connectivity index (χ3v) is 7.01. The minimum Gasteiger partial charge on any atom is -0.385 e. The van der Waals surface area contributed by atoms with Crippen LogP contribution in [0.2, 0.25) is 0 Å². The lowest BCUT2D eigenvalue weighted by Gasteiger charge is -2.13. The fourth-order valence-corrected chi connectivity index (χ4v) is 5.05. The van der Waals surface area contributed by atoms with Crippen LogP contribution in [0.25, 0.3) is 16.7 Å². The van der Waals surface area contributed by atoms with Gasteiger partial charge < -0.3 is 10.5 Å². The van der Waals surface area contributed by atoms with Crippen molar-refractivity contribution >= 4 is 32.3 Å². The quantitative estimate of drug-likeness (QED) is 0.279. The molecule has 0 radical (unpaired) electrons. The van der Waals surface area contributed by atoms with Crippen molar-refractivity contribution in [3.8, 4) is 0 Å². The van der Waals surface area contributed by atoms with Gasteiger partial charge in [0, 0.05) is 31.9 Å². The summed E-state index contributed by atoms with van der Waals surface area (Å²) in [7, 11) is -2.36. The summed E-state index contributed by atoms with van der Waals surface area (Å²) in [6, 6.07) is 13.0. The zero-order chi connectivity index (χ0) is 22.2. The Kier molecular flexibility index (Phi) is 5.47. The predicted octanol–water partition coefficient (Wildman–Crippen LogP) is 1.90. The lowest BCUT2D eigenvalue weighted by Crippen LogP contribution is -2.42. The molecule has 4 aromatic rings. The zero-order valence-electron chi connectivity index (χ0n) is 17.3. The maximum absolute atomic E-state index is 13.4. The summed E-state index contributed by atoms with van der Waals surface area (Å²) in [4.78, 5) is 18.0. The Hall–Kier alpha value is -3.30. The van der Waals surface area contributed by atoms with Crippen molar-refractivity contribution in [2.45, 2.75) is 29.7 Å². The number of hydrogen-bond acceptors (Lipinski definition) is 6. The molecule has 1 aromatic carbocycles. The molecule has 3 aromatic heterocycles. The topological polar surface area (TPSA) is 108 Å². The van der Waals surface area contributed by atoms with Crippen LogP contribution < -0.4 is 15.9 Å². The van der Waals surface area contributed by atoms with E-state index in [1.165, 1.54) is 22.6 Å². The van der Waals surface area contributed by atoms with Crippen molar-refractivity contribution in [2.24, 2.45) is 0 Å². The first-order chi connectivity index (χ1) is 14.9. The second-order valence-electron chi connectivity index (χ2n) is 7.25. The zero-order valence-corrected chi connectivity index (χ0v) is 18.1. The molecular weight excluding hydrogens is 416 g/mol. The first-order valence-corrected chi connectivity index (χ1v) is 11.3. The summed E-state index contributed by atoms with van der Waals surface area (Å²) in [6.07, 6.45) is 2.19. The van der Waals surface area contributed by atoms with Gasteiger partial charge in [0.05, 0.1) is 11.4 Å². The number of hydrogen-bond donors (Lipinski definition) is 1. The van der Waals surface area contributed by atoms with Crippen molar-refractivity contribution < 1.29 is 17.7 Å². The highest BCUT2D eigenvalue weighted by Crippen LogP contribution is 2.26. The summed E-state index contributed by atoms with van der Waals surface area (Å²) in [5, 5.41) is 0.184. The van der Waals surface area contributed by atoms with Crippen LogP contribution in [0.5, 0.6) is 0 Å². The largest absolute Gasteiger partial charge is 0.385 e. The minimum absolute atomic E-state index is 0.0392. The lowest BCUT2D eigenvalue weighted by atomic mass is 10.2. The molecule has 0 amide bonds. The minimum atomic E-state index is -3.95. The van der Waals surface area contributed by atoms with E-state index >= 15 is 0 Å². The van der Waals surface area contributed by atoms with E-state index in [1.54, 1.807) is 42.1 Å². The van der Waals surface area contributed by atoms with Crippen molar-refractivity contribution in [3.05, 3.63) is 70.6 Å². The number of anilines is 1. The number of nitrogen functional groups attached to an aromatic ring is 1. The molecular formula is C22H23N4O4S+. The maximum Gasteiger partial charge on any atom is 0.278 e. The van der Waals surface area contributed by atoms with E-state index in [9.17, 15) is 13.2 Å². The SMILES string of the molecule is COCCC[n+]1c(N)c(S(=O)(=O)c2ccccc2)cc2c(=O)n3cccc(C)c3nc21. The summed E-state index contributed by atoms with van der Waals surface area (Å²) < 4.78 is 34.9. The highest BCUT2D eigenvalue weighted by atomic mass is 32.2. The van der Waals surface area contributed by atoms with Crippen LogP contribution >= 0.6 is 0 Å². The first kappa shape index (κ1) is 21.0. The molecule has 0 aliphatic heterocycles. The number of rotatable bonds is 6. The molecule has 0 aliphatic rings. The lowest BCUT2D eigenvalue weighted by molar-refractivity contribution is -0.661. The van der Waals surface area contributed by atoms with Crippen molar-refractivity contribution in [3.63, 3.8) is 0 Å². The second kappa shape index (κ2) is 8.09. The smallest absolute Gasteiger partial charge is 0.278 e. The molecule has 0 aliphatic carbocycles. The van der Waals surface area contributed by atoms with Gasteiger partial charge in [0.1, 0.15) is 10.3 Å². The van der Waals surface area contributed by atoms with E-state index in [2.05, 4.69) is 4.98 Å². The highest BCUT2D eigenvalue weighted by Gasteiger charge is 2.29. The number of nitrogens with two attached hydrogens (primary N) is 1. The molecule has 3 heterocycles. The van der Waals surface area contributed by atoms with E-state index < -0.39 is 9.84 Å². The molecule has 8 nitrogen and oxygen atoms in total. The number of methoxy groups -OCH3 is 1. The van der Waals surface area contributed by atoms with E-state index in [0.717, 1.165) is 5.56 Å². The number of pyridine rings is 2. The van der Waals surface area contributed by atoms with Gasteiger partial charge in [-0.05, 0) is 31.2 Å². The third kappa shape index (κ3) is 3.55. The number of benzene rings is 1. The fourth-order valence-electron chi connectivity index (χ4n) is 3.62. The summed E-state index contributed by atoms with van der Waals surface area (Å²) in [5.41, 5.74) is 7.70. The molecule has 0 atom stereocenters. The van der Waals surface area contributed by atoms with Gasteiger partial charge in [-0.15, -0.1) is 0 Å². The normalized spacial score (nSPS) is 11.9. The van der Waals surface area contributed by atoms with E-state index in [4.69, 9.17) is 10.5 Å². The molecule has 0 spiro atoms. The Morgan fingerprint density at radius 2 is 1.90 bits per heavy atom. The molecule has 4 rings (SSSR count). The molecule has 160 valence electrons. The predicted molar refractivity (Wildman–Crippen MR) is 117 cm³/mol. The maximum atomic E-state index is 13.4. The highest BCUT2D eigenvalue weighted by molar-refractivity contribution is 7.91. The number of fused-ring (bicyclic) bond motifs is 2. The Morgan fingerprint density at radius 1 is 1.16 bits per heavy atom. The van der Waals surface area contributed by atoms with Gasteiger partial charge >= 0.3 is 0 Å². The molecule has 31 heavy (non-hydrogen) atoms. The van der Waals surface area contributed by atoms with Crippen LogP contribution in [0.15, 0.2) is 69.3 Å². The Morgan fingerprint density at radius 3 is 2.61 bits per heavy atom. The molecule has 2 N–H and O–H groups in total. The molecule has 9 heteroatoms. The molecule has 0 unspecified atom stereocenters. The van der Waals surface area contributed by atoms with Crippen LogP contribution in [0.4, 0.5) is 5.82 Å². The van der Waals surface area contributed by atoms with Crippen LogP contribution in [0.3, 0.4) is 0 Å². The van der Waals surface area contributed by atoms with Crippen LogP contribution in [-0.4, -0.2) is 31.5 Å².